The summed E-state index contributed by atoms with van der Waals surface area (Å²) in [6, 6.07) is 0. The van der Waals surface area contributed by atoms with Crippen LogP contribution in [0.5, 0.6) is 0 Å². The quantitative estimate of drug-likeness (QED) is 0.679. The van der Waals surface area contributed by atoms with E-state index in [4.69, 9.17) is 0 Å². The molecule has 0 spiro atoms. The first-order valence-electron chi connectivity index (χ1n) is 5.84. The van der Waals surface area contributed by atoms with Gasteiger partial charge in [-0.25, -0.2) is 0 Å². The molecule has 0 aromatic rings. The van der Waals surface area contributed by atoms with Crippen LogP contribution in [0.2, 0.25) is 0 Å². The van der Waals surface area contributed by atoms with Crippen LogP contribution in [0.15, 0.2) is 12.2 Å². The third kappa shape index (κ3) is 4.47. The predicted octanol–water partition coefficient (Wildman–Crippen LogP) is 1.62. The average molecular weight is 211 g/mol. The summed E-state index contributed by atoms with van der Waals surface area (Å²) in [7, 11) is 0. The van der Waals surface area contributed by atoms with E-state index in [1.165, 1.54) is 0 Å². The van der Waals surface area contributed by atoms with E-state index in [2.05, 4.69) is 17.5 Å². The smallest absolute Gasteiger partial charge is 0.223 e. The molecule has 0 heterocycles. The third-order valence-electron chi connectivity index (χ3n) is 2.77. The van der Waals surface area contributed by atoms with Crippen LogP contribution in [-0.4, -0.2) is 23.7 Å². The molecular formula is C12H21NO2. The number of carbonyl (C=O) groups is 1. The number of nitrogens with one attached hydrogen (secondary N) is 1. The molecule has 0 saturated heterocycles. The SMILES string of the molecule is CCCC(O)CNC(=O)C1CC=CCC1. The Morgan fingerprint density at radius 3 is 3.00 bits per heavy atom. The predicted molar refractivity (Wildman–Crippen MR) is 60.4 cm³/mol. The number of allylic oxidation sites excluding steroid dienone is 2. The zero-order valence-corrected chi connectivity index (χ0v) is 9.41. The fourth-order valence-corrected chi connectivity index (χ4v) is 1.83. The van der Waals surface area contributed by atoms with Gasteiger partial charge in [0.25, 0.3) is 0 Å². The highest BCUT2D eigenvalue weighted by atomic mass is 16.3. The van der Waals surface area contributed by atoms with Crippen LogP contribution in [0.4, 0.5) is 0 Å². The Bertz CT molecular complexity index is 226. The van der Waals surface area contributed by atoms with Crippen molar-refractivity contribution >= 4 is 5.91 Å². The highest BCUT2D eigenvalue weighted by Crippen LogP contribution is 2.17. The first-order valence-corrected chi connectivity index (χ1v) is 5.84. The molecule has 0 aliphatic heterocycles. The van der Waals surface area contributed by atoms with Gasteiger partial charge >= 0.3 is 0 Å². The van der Waals surface area contributed by atoms with Gasteiger partial charge in [0, 0.05) is 12.5 Å². The fraction of sp³-hybridized carbons (Fsp3) is 0.750. The third-order valence-corrected chi connectivity index (χ3v) is 2.77. The molecule has 15 heavy (non-hydrogen) atoms. The Morgan fingerprint density at radius 1 is 1.60 bits per heavy atom. The Kier molecular flexibility index (Phi) is 5.40. The van der Waals surface area contributed by atoms with Crippen molar-refractivity contribution in [1.29, 1.82) is 0 Å². The van der Waals surface area contributed by atoms with Crippen LogP contribution < -0.4 is 5.32 Å². The second-order valence-corrected chi connectivity index (χ2v) is 4.17. The Balaban J connectivity index is 2.20. The second kappa shape index (κ2) is 6.62. The van der Waals surface area contributed by atoms with Crippen LogP contribution in [-0.2, 0) is 4.79 Å². The number of carbonyl (C=O) groups excluding carboxylic acids is 1. The lowest BCUT2D eigenvalue weighted by molar-refractivity contribution is -0.125. The topological polar surface area (TPSA) is 49.3 Å². The molecular weight excluding hydrogens is 190 g/mol. The molecule has 1 aliphatic carbocycles. The van der Waals surface area contributed by atoms with Gasteiger partial charge in [-0.1, -0.05) is 25.5 Å². The van der Waals surface area contributed by atoms with E-state index in [9.17, 15) is 9.90 Å². The summed E-state index contributed by atoms with van der Waals surface area (Å²) in [5.41, 5.74) is 0. The first-order chi connectivity index (χ1) is 7.24. The monoisotopic (exact) mass is 211 g/mol. The summed E-state index contributed by atoms with van der Waals surface area (Å²) in [5, 5.41) is 12.3. The fourth-order valence-electron chi connectivity index (χ4n) is 1.83. The Hall–Kier alpha value is -0.830. The van der Waals surface area contributed by atoms with Crippen LogP contribution >= 0.6 is 0 Å². The van der Waals surface area contributed by atoms with Crippen molar-refractivity contribution in [2.24, 2.45) is 5.92 Å². The van der Waals surface area contributed by atoms with Crippen molar-refractivity contribution in [3.05, 3.63) is 12.2 Å². The van der Waals surface area contributed by atoms with Gasteiger partial charge in [0.1, 0.15) is 0 Å². The number of hydrogen-bond acceptors (Lipinski definition) is 2. The summed E-state index contributed by atoms with van der Waals surface area (Å²) in [4.78, 5) is 11.7. The summed E-state index contributed by atoms with van der Waals surface area (Å²) >= 11 is 0. The lowest BCUT2D eigenvalue weighted by atomic mass is 9.93. The summed E-state index contributed by atoms with van der Waals surface area (Å²) in [6.45, 7) is 2.42. The van der Waals surface area contributed by atoms with Gasteiger partial charge in [-0.05, 0) is 25.7 Å². The molecule has 3 heteroatoms. The molecule has 0 aromatic heterocycles. The van der Waals surface area contributed by atoms with Crippen LogP contribution in [0.1, 0.15) is 39.0 Å². The van der Waals surface area contributed by atoms with Crippen LogP contribution in [0, 0.1) is 5.92 Å². The molecule has 2 atom stereocenters. The molecule has 0 bridgehead atoms. The summed E-state index contributed by atoms with van der Waals surface area (Å²) < 4.78 is 0. The molecule has 1 aliphatic rings. The van der Waals surface area contributed by atoms with E-state index in [-0.39, 0.29) is 11.8 Å². The normalized spacial score (nSPS) is 22.4. The maximum atomic E-state index is 11.7. The number of amides is 1. The van der Waals surface area contributed by atoms with Gasteiger partial charge < -0.3 is 10.4 Å². The number of aliphatic hydroxyl groups excluding tert-OH is 1. The molecule has 1 amide bonds. The summed E-state index contributed by atoms with van der Waals surface area (Å²) in [6.07, 6.45) is 8.27. The molecule has 2 unspecified atom stereocenters. The van der Waals surface area contributed by atoms with E-state index in [0.29, 0.717) is 6.54 Å². The van der Waals surface area contributed by atoms with Gasteiger partial charge in [-0.2, -0.15) is 0 Å². The van der Waals surface area contributed by atoms with Gasteiger partial charge in [0.15, 0.2) is 0 Å². The van der Waals surface area contributed by atoms with E-state index in [0.717, 1.165) is 32.1 Å². The molecule has 3 nitrogen and oxygen atoms in total. The minimum absolute atomic E-state index is 0.0921. The average Bonchev–Trinajstić information content (AvgIpc) is 2.27. The van der Waals surface area contributed by atoms with Crippen molar-refractivity contribution in [2.75, 3.05) is 6.54 Å². The molecule has 86 valence electrons. The van der Waals surface area contributed by atoms with Crippen molar-refractivity contribution < 1.29 is 9.90 Å². The van der Waals surface area contributed by atoms with E-state index >= 15 is 0 Å². The standard InChI is InChI=1S/C12H21NO2/c1-2-6-11(14)9-13-12(15)10-7-4-3-5-8-10/h3-4,10-11,14H,2,5-9H2,1H3,(H,13,15). The van der Waals surface area contributed by atoms with Crippen molar-refractivity contribution in [1.82, 2.24) is 5.32 Å². The van der Waals surface area contributed by atoms with E-state index < -0.39 is 6.10 Å². The van der Waals surface area contributed by atoms with Gasteiger partial charge in [0.05, 0.1) is 6.10 Å². The van der Waals surface area contributed by atoms with Crippen molar-refractivity contribution in [3.8, 4) is 0 Å². The van der Waals surface area contributed by atoms with Crippen LogP contribution in [0.25, 0.3) is 0 Å². The minimum atomic E-state index is -0.391. The molecule has 0 saturated carbocycles. The number of aliphatic hydroxyl groups is 1. The van der Waals surface area contributed by atoms with Gasteiger partial charge in [0.2, 0.25) is 5.91 Å². The number of hydrogen-bond donors (Lipinski definition) is 2. The zero-order chi connectivity index (χ0) is 11.1. The van der Waals surface area contributed by atoms with Gasteiger partial charge in [-0.15, -0.1) is 0 Å². The lowest BCUT2D eigenvalue weighted by Gasteiger charge is -2.18. The Labute approximate surface area is 91.6 Å². The van der Waals surface area contributed by atoms with E-state index in [1.807, 2.05) is 6.92 Å². The maximum absolute atomic E-state index is 11.7. The minimum Gasteiger partial charge on any atom is -0.391 e. The summed E-state index contributed by atoms with van der Waals surface area (Å²) in [5.74, 6) is 0.207. The van der Waals surface area contributed by atoms with Crippen LogP contribution in [0.3, 0.4) is 0 Å². The molecule has 0 aromatic carbocycles. The largest absolute Gasteiger partial charge is 0.391 e. The highest BCUT2D eigenvalue weighted by molar-refractivity contribution is 5.78. The maximum Gasteiger partial charge on any atom is 0.223 e. The highest BCUT2D eigenvalue weighted by Gasteiger charge is 2.18. The Morgan fingerprint density at radius 2 is 2.40 bits per heavy atom. The lowest BCUT2D eigenvalue weighted by Crippen LogP contribution is -2.36. The molecule has 2 N–H and O–H groups in total. The van der Waals surface area contributed by atoms with Gasteiger partial charge in [-0.3, -0.25) is 4.79 Å². The first kappa shape index (κ1) is 12.2. The zero-order valence-electron chi connectivity index (χ0n) is 9.41. The second-order valence-electron chi connectivity index (χ2n) is 4.17. The molecule has 0 fully saturated rings. The van der Waals surface area contributed by atoms with Crippen molar-refractivity contribution in [3.63, 3.8) is 0 Å². The molecule has 0 radical (unpaired) electrons. The van der Waals surface area contributed by atoms with E-state index in [1.54, 1.807) is 0 Å². The van der Waals surface area contributed by atoms with Crippen molar-refractivity contribution in [2.45, 2.75) is 45.1 Å². The number of rotatable bonds is 5. The molecule has 1 rings (SSSR count).